The Morgan fingerprint density at radius 3 is 2.21 bits per heavy atom. The van der Waals surface area contributed by atoms with Gasteiger partial charge in [0.25, 0.3) is 0 Å². The molecule has 0 bridgehead atoms. The number of rotatable bonds is 6. The summed E-state index contributed by atoms with van der Waals surface area (Å²) >= 11 is 0. The number of nitrogens with one attached hydrogen (secondary N) is 1. The van der Waals surface area contributed by atoms with E-state index in [0.29, 0.717) is 24.4 Å². The highest BCUT2D eigenvalue weighted by Crippen LogP contribution is 2.07. The molecule has 0 unspecified atom stereocenters. The predicted octanol–water partition coefficient (Wildman–Crippen LogP) is 1.14. The molecular formula is C13H20N2O3S. The fourth-order valence-corrected chi connectivity index (χ4v) is 2.29. The van der Waals surface area contributed by atoms with Gasteiger partial charge in [-0.2, -0.15) is 0 Å². The molecule has 0 atom stereocenters. The molecule has 1 amide bonds. The van der Waals surface area contributed by atoms with Crippen molar-refractivity contribution < 1.29 is 13.2 Å². The molecule has 106 valence electrons. The molecule has 0 saturated carbocycles. The highest BCUT2D eigenvalue weighted by Gasteiger charge is 2.06. The first-order chi connectivity index (χ1) is 8.76. The third-order valence-corrected chi connectivity index (χ3v) is 3.21. The van der Waals surface area contributed by atoms with Crippen LogP contribution >= 0.6 is 0 Å². The van der Waals surface area contributed by atoms with Gasteiger partial charge < -0.3 is 5.32 Å². The third kappa shape index (κ3) is 6.93. The molecule has 19 heavy (non-hydrogen) atoms. The van der Waals surface area contributed by atoms with Crippen molar-refractivity contribution in [3.63, 3.8) is 0 Å². The second-order valence-corrected chi connectivity index (χ2v) is 6.61. The summed E-state index contributed by atoms with van der Waals surface area (Å²) in [6.07, 6.45) is 0.503. The average Bonchev–Trinajstić information content (AvgIpc) is 2.25. The van der Waals surface area contributed by atoms with Crippen LogP contribution in [0.15, 0.2) is 24.3 Å². The number of carbonyl (C=O) groups is 1. The van der Waals surface area contributed by atoms with Crippen molar-refractivity contribution in [2.45, 2.75) is 32.6 Å². The number of hydrogen-bond acceptors (Lipinski definition) is 3. The molecule has 1 aromatic carbocycles. The predicted molar refractivity (Wildman–Crippen MR) is 74.6 cm³/mol. The van der Waals surface area contributed by atoms with Gasteiger partial charge in [0.05, 0.1) is 5.75 Å². The molecule has 0 aliphatic carbocycles. The molecule has 0 spiro atoms. The van der Waals surface area contributed by atoms with Crippen molar-refractivity contribution in [2.24, 2.45) is 11.1 Å². The zero-order valence-corrected chi connectivity index (χ0v) is 12.0. The summed E-state index contributed by atoms with van der Waals surface area (Å²) in [7, 11) is -3.50. The molecule has 0 aliphatic rings. The van der Waals surface area contributed by atoms with Crippen LogP contribution in [0.2, 0.25) is 0 Å². The van der Waals surface area contributed by atoms with E-state index in [0.717, 1.165) is 5.56 Å². The van der Waals surface area contributed by atoms with Gasteiger partial charge >= 0.3 is 0 Å². The molecule has 0 aliphatic heterocycles. The standard InChI is InChI=1S/C13H20N2O3S/c1-10(2)7-13(16)15-8-11-3-5-12(6-4-11)9-19(14,17)18/h3-6,10H,7-9H2,1-2H3,(H,15,16)(H2,14,17,18). The number of hydrogen-bond donors (Lipinski definition) is 2. The van der Waals surface area contributed by atoms with Crippen LogP contribution in [0, 0.1) is 5.92 Å². The molecule has 3 N–H and O–H groups in total. The zero-order valence-electron chi connectivity index (χ0n) is 11.2. The highest BCUT2D eigenvalue weighted by atomic mass is 32.2. The van der Waals surface area contributed by atoms with Gasteiger partial charge in [-0.05, 0) is 17.0 Å². The number of carbonyl (C=O) groups excluding carboxylic acids is 1. The second-order valence-electron chi connectivity index (χ2n) is 5.00. The Hall–Kier alpha value is -1.40. The quantitative estimate of drug-likeness (QED) is 0.820. The number of amides is 1. The van der Waals surface area contributed by atoms with E-state index in [1.54, 1.807) is 24.3 Å². The SMILES string of the molecule is CC(C)CC(=O)NCc1ccc(CS(N)(=O)=O)cc1. The topological polar surface area (TPSA) is 89.3 Å². The van der Waals surface area contributed by atoms with Gasteiger partial charge in [-0.1, -0.05) is 38.1 Å². The smallest absolute Gasteiger partial charge is 0.220 e. The van der Waals surface area contributed by atoms with Crippen molar-refractivity contribution in [2.75, 3.05) is 0 Å². The average molecular weight is 284 g/mol. The lowest BCUT2D eigenvalue weighted by Crippen LogP contribution is -2.23. The first-order valence-electron chi connectivity index (χ1n) is 6.11. The number of sulfonamides is 1. The number of primary sulfonamides is 1. The minimum atomic E-state index is -3.50. The van der Waals surface area contributed by atoms with Crippen molar-refractivity contribution in [1.29, 1.82) is 0 Å². The number of benzene rings is 1. The lowest BCUT2D eigenvalue weighted by atomic mass is 10.1. The zero-order chi connectivity index (χ0) is 14.5. The molecule has 0 aromatic heterocycles. The van der Waals surface area contributed by atoms with Crippen LogP contribution in [0.3, 0.4) is 0 Å². The summed E-state index contributed by atoms with van der Waals surface area (Å²) < 4.78 is 21.8. The minimum Gasteiger partial charge on any atom is -0.352 e. The Morgan fingerprint density at radius 1 is 1.21 bits per heavy atom. The van der Waals surface area contributed by atoms with E-state index in [2.05, 4.69) is 5.32 Å². The molecular weight excluding hydrogens is 264 g/mol. The molecule has 0 radical (unpaired) electrons. The van der Waals surface area contributed by atoms with E-state index in [-0.39, 0.29) is 11.7 Å². The van der Waals surface area contributed by atoms with E-state index >= 15 is 0 Å². The Labute approximate surface area is 114 Å². The van der Waals surface area contributed by atoms with Gasteiger partial charge in [-0.15, -0.1) is 0 Å². The highest BCUT2D eigenvalue weighted by molar-refractivity contribution is 7.88. The Bertz CT molecular complexity index is 521. The Morgan fingerprint density at radius 2 is 1.74 bits per heavy atom. The van der Waals surface area contributed by atoms with Gasteiger partial charge in [-0.3, -0.25) is 4.79 Å². The molecule has 6 heteroatoms. The molecule has 0 heterocycles. The Balaban J connectivity index is 2.51. The van der Waals surface area contributed by atoms with Gasteiger partial charge in [0.2, 0.25) is 15.9 Å². The van der Waals surface area contributed by atoms with Crippen molar-refractivity contribution in [3.05, 3.63) is 35.4 Å². The van der Waals surface area contributed by atoms with Crippen LogP contribution in [-0.4, -0.2) is 14.3 Å². The molecule has 1 rings (SSSR count). The van der Waals surface area contributed by atoms with Crippen molar-refractivity contribution in [1.82, 2.24) is 5.32 Å². The van der Waals surface area contributed by atoms with Gasteiger partial charge in [-0.25, -0.2) is 13.6 Å². The summed E-state index contributed by atoms with van der Waals surface area (Å²) in [4.78, 5) is 11.5. The molecule has 5 nitrogen and oxygen atoms in total. The van der Waals surface area contributed by atoms with E-state index in [1.807, 2.05) is 13.8 Å². The largest absolute Gasteiger partial charge is 0.352 e. The first kappa shape index (κ1) is 15.7. The van der Waals surface area contributed by atoms with Crippen LogP contribution in [0.5, 0.6) is 0 Å². The molecule has 0 saturated heterocycles. The van der Waals surface area contributed by atoms with Crippen LogP contribution in [0.25, 0.3) is 0 Å². The maximum Gasteiger partial charge on any atom is 0.220 e. The molecule has 1 aromatic rings. The fourth-order valence-electron chi connectivity index (χ4n) is 1.63. The van der Waals surface area contributed by atoms with E-state index < -0.39 is 10.0 Å². The van der Waals surface area contributed by atoms with Crippen LogP contribution in [0.4, 0.5) is 0 Å². The normalized spacial score (nSPS) is 11.6. The van der Waals surface area contributed by atoms with E-state index in [9.17, 15) is 13.2 Å². The van der Waals surface area contributed by atoms with Crippen LogP contribution < -0.4 is 10.5 Å². The maximum absolute atomic E-state index is 11.5. The number of nitrogens with two attached hydrogens (primary N) is 1. The lowest BCUT2D eigenvalue weighted by molar-refractivity contribution is -0.121. The van der Waals surface area contributed by atoms with E-state index in [1.165, 1.54) is 0 Å². The van der Waals surface area contributed by atoms with Gasteiger partial charge in [0, 0.05) is 13.0 Å². The van der Waals surface area contributed by atoms with E-state index in [4.69, 9.17) is 5.14 Å². The van der Waals surface area contributed by atoms with Crippen LogP contribution in [-0.2, 0) is 27.1 Å². The summed E-state index contributed by atoms with van der Waals surface area (Å²) in [5.74, 6) is 0.174. The second kappa shape index (κ2) is 6.68. The summed E-state index contributed by atoms with van der Waals surface area (Å²) in [5.41, 5.74) is 1.56. The summed E-state index contributed by atoms with van der Waals surface area (Å²) in [6.45, 7) is 4.42. The summed E-state index contributed by atoms with van der Waals surface area (Å²) in [5, 5.41) is 7.78. The van der Waals surface area contributed by atoms with Gasteiger partial charge in [0.15, 0.2) is 0 Å². The minimum absolute atomic E-state index is 0.0172. The maximum atomic E-state index is 11.5. The first-order valence-corrected chi connectivity index (χ1v) is 7.83. The van der Waals surface area contributed by atoms with Gasteiger partial charge in [0.1, 0.15) is 0 Å². The van der Waals surface area contributed by atoms with Crippen LogP contribution in [0.1, 0.15) is 31.4 Å². The van der Waals surface area contributed by atoms with Crippen molar-refractivity contribution >= 4 is 15.9 Å². The lowest BCUT2D eigenvalue weighted by Gasteiger charge is -2.07. The monoisotopic (exact) mass is 284 g/mol. The van der Waals surface area contributed by atoms with Crippen molar-refractivity contribution in [3.8, 4) is 0 Å². The summed E-state index contributed by atoms with van der Waals surface area (Å²) in [6, 6.07) is 6.98. The molecule has 0 fully saturated rings. The fraction of sp³-hybridized carbons (Fsp3) is 0.462. The third-order valence-electron chi connectivity index (χ3n) is 2.47. The Kier molecular flexibility index (Phi) is 5.50.